The maximum Gasteiger partial charge on any atom is 0.271 e. The minimum atomic E-state index is -0.196. The lowest BCUT2D eigenvalue weighted by Crippen LogP contribution is -2.51. The van der Waals surface area contributed by atoms with Crippen molar-refractivity contribution in [1.29, 1.82) is 0 Å². The van der Waals surface area contributed by atoms with E-state index >= 15 is 0 Å². The number of rotatable bonds is 4. The summed E-state index contributed by atoms with van der Waals surface area (Å²) in [6.07, 6.45) is 4.25. The van der Waals surface area contributed by atoms with E-state index in [2.05, 4.69) is 24.1 Å². The molecule has 0 radical (unpaired) electrons. The summed E-state index contributed by atoms with van der Waals surface area (Å²) in [5.74, 6) is 0.289. The molecule has 2 rings (SSSR count). The Bertz CT molecular complexity index is 422. The molecule has 18 heavy (non-hydrogen) atoms. The first-order chi connectivity index (χ1) is 8.56. The first-order valence-electron chi connectivity index (χ1n) is 6.54. The van der Waals surface area contributed by atoms with Gasteiger partial charge in [0.25, 0.3) is 5.91 Å². The number of hydrogen-bond donors (Lipinski definition) is 2. The number of hydrogen-bond acceptors (Lipinski definition) is 4. The van der Waals surface area contributed by atoms with Gasteiger partial charge in [-0.05, 0) is 12.8 Å². The van der Waals surface area contributed by atoms with Crippen molar-refractivity contribution in [1.82, 2.24) is 10.3 Å². The maximum absolute atomic E-state index is 12.2. The molecular formula is C13H21N3OS. The number of carbonyl (C=O) groups is 1. The Morgan fingerprint density at radius 2 is 2.22 bits per heavy atom. The van der Waals surface area contributed by atoms with Crippen LogP contribution in [0.2, 0.25) is 0 Å². The van der Waals surface area contributed by atoms with Crippen molar-refractivity contribution in [3.8, 4) is 0 Å². The zero-order chi connectivity index (χ0) is 13.2. The van der Waals surface area contributed by atoms with Gasteiger partial charge in [0.05, 0.1) is 10.5 Å². The van der Waals surface area contributed by atoms with E-state index < -0.39 is 0 Å². The van der Waals surface area contributed by atoms with Crippen LogP contribution in [0.5, 0.6) is 0 Å². The second-order valence-corrected chi connectivity index (χ2v) is 6.26. The van der Waals surface area contributed by atoms with Gasteiger partial charge in [-0.15, -0.1) is 11.3 Å². The highest BCUT2D eigenvalue weighted by molar-refractivity contribution is 7.09. The van der Waals surface area contributed by atoms with Crippen LogP contribution in [0.1, 0.15) is 60.9 Å². The molecule has 1 heterocycles. The summed E-state index contributed by atoms with van der Waals surface area (Å²) < 4.78 is 0. The first kappa shape index (κ1) is 13.5. The van der Waals surface area contributed by atoms with E-state index in [9.17, 15) is 4.79 Å². The largest absolute Gasteiger partial charge is 0.344 e. The fourth-order valence-corrected chi connectivity index (χ4v) is 3.21. The number of carbonyl (C=O) groups excluding carboxylic acids is 1. The molecule has 4 nitrogen and oxygen atoms in total. The molecule has 1 aliphatic rings. The minimum Gasteiger partial charge on any atom is -0.344 e. The quantitative estimate of drug-likeness (QED) is 0.879. The van der Waals surface area contributed by atoms with Gasteiger partial charge < -0.3 is 11.1 Å². The van der Waals surface area contributed by atoms with Crippen molar-refractivity contribution in [2.75, 3.05) is 6.54 Å². The van der Waals surface area contributed by atoms with Crippen LogP contribution in [0, 0.1) is 0 Å². The van der Waals surface area contributed by atoms with Crippen LogP contribution in [0.3, 0.4) is 0 Å². The van der Waals surface area contributed by atoms with Crippen LogP contribution in [0.15, 0.2) is 5.38 Å². The number of amides is 1. The van der Waals surface area contributed by atoms with E-state index in [0.29, 0.717) is 18.2 Å². The van der Waals surface area contributed by atoms with Gasteiger partial charge in [0.15, 0.2) is 0 Å². The van der Waals surface area contributed by atoms with Crippen molar-refractivity contribution < 1.29 is 4.79 Å². The highest BCUT2D eigenvalue weighted by atomic mass is 32.1. The van der Waals surface area contributed by atoms with Crippen molar-refractivity contribution in [3.63, 3.8) is 0 Å². The standard InChI is InChI=1S/C13H21N3OS/c1-9(2)12-15-10(7-18-12)11(17)16-13(8-14)5-3-4-6-13/h7,9H,3-6,8,14H2,1-2H3,(H,16,17). The van der Waals surface area contributed by atoms with E-state index in [0.717, 1.165) is 30.7 Å². The molecule has 0 aliphatic heterocycles. The molecule has 1 aromatic rings. The molecule has 1 fully saturated rings. The average molecular weight is 267 g/mol. The monoisotopic (exact) mass is 267 g/mol. The van der Waals surface area contributed by atoms with Gasteiger partial charge >= 0.3 is 0 Å². The van der Waals surface area contributed by atoms with Crippen LogP contribution in [-0.2, 0) is 0 Å². The van der Waals surface area contributed by atoms with E-state index in [1.54, 1.807) is 11.3 Å². The van der Waals surface area contributed by atoms with E-state index in [1.807, 2.05) is 5.38 Å². The molecule has 0 saturated heterocycles. The third-order valence-electron chi connectivity index (χ3n) is 3.58. The fourth-order valence-electron chi connectivity index (χ4n) is 2.39. The van der Waals surface area contributed by atoms with Gasteiger partial charge in [0.2, 0.25) is 0 Å². The molecule has 0 atom stereocenters. The summed E-state index contributed by atoms with van der Waals surface area (Å²) in [6, 6.07) is 0. The number of nitrogens with two attached hydrogens (primary N) is 1. The van der Waals surface area contributed by atoms with Crippen molar-refractivity contribution in [3.05, 3.63) is 16.1 Å². The summed E-state index contributed by atoms with van der Waals surface area (Å²) in [5, 5.41) is 5.94. The molecule has 3 N–H and O–H groups in total. The number of nitrogens with zero attached hydrogens (tertiary/aromatic N) is 1. The third kappa shape index (κ3) is 2.72. The van der Waals surface area contributed by atoms with Crippen molar-refractivity contribution in [2.24, 2.45) is 5.73 Å². The van der Waals surface area contributed by atoms with Crippen molar-refractivity contribution >= 4 is 17.2 Å². The molecule has 5 heteroatoms. The number of aromatic nitrogens is 1. The molecule has 0 unspecified atom stereocenters. The number of nitrogens with one attached hydrogen (secondary N) is 1. The third-order valence-corrected chi connectivity index (χ3v) is 4.72. The molecule has 1 amide bonds. The van der Waals surface area contributed by atoms with Crippen LogP contribution in [0.4, 0.5) is 0 Å². The predicted octanol–water partition coefficient (Wildman–Crippen LogP) is 2.27. The lowest BCUT2D eigenvalue weighted by molar-refractivity contribution is 0.0898. The van der Waals surface area contributed by atoms with Gasteiger partial charge in [-0.3, -0.25) is 4.79 Å². The zero-order valence-corrected chi connectivity index (χ0v) is 11.8. The topological polar surface area (TPSA) is 68.0 Å². The van der Waals surface area contributed by atoms with Crippen LogP contribution >= 0.6 is 11.3 Å². The molecule has 100 valence electrons. The maximum atomic E-state index is 12.2. The second-order valence-electron chi connectivity index (χ2n) is 5.37. The van der Waals surface area contributed by atoms with Crippen LogP contribution in [0.25, 0.3) is 0 Å². The molecule has 1 saturated carbocycles. The predicted molar refractivity (Wildman–Crippen MR) is 73.9 cm³/mol. The van der Waals surface area contributed by atoms with Gasteiger partial charge in [0, 0.05) is 17.8 Å². The van der Waals surface area contributed by atoms with Gasteiger partial charge in [-0.1, -0.05) is 26.7 Å². The van der Waals surface area contributed by atoms with E-state index in [1.165, 1.54) is 0 Å². The SMILES string of the molecule is CC(C)c1nc(C(=O)NC2(CN)CCCC2)cs1. The summed E-state index contributed by atoms with van der Waals surface area (Å²) in [6.45, 7) is 4.68. The highest BCUT2D eigenvalue weighted by Crippen LogP contribution is 2.29. The lowest BCUT2D eigenvalue weighted by Gasteiger charge is -2.28. The Kier molecular flexibility index (Phi) is 4.02. The van der Waals surface area contributed by atoms with Crippen molar-refractivity contribution in [2.45, 2.75) is 51.0 Å². The molecule has 1 aliphatic carbocycles. The van der Waals surface area contributed by atoms with Crippen LogP contribution in [-0.4, -0.2) is 23.0 Å². The van der Waals surface area contributed by atoms with E-state index in [4.69, 9.17) is 5.73 Å². The smallest absolute Gasteiger partial charge is 0.271 e. The zero-order valence-electron chi connectivity index (χ0n) is 11.0. The second kappa shape index (κ2) is 5.36. The number of thiazole rings is 1. The Balaban J connectivity index is 2.06. The first-order valence-corrected chi connectivity index (χ1v) is 7.42. The Morgan fingerprint density at radius 1 is 1.56 bits per heavy atom. The fraction of sp³-hybridized carbons (Fsp3) is 0.692. The molecule has 0 spiro atoms. The molecule has 0 aromatic carbocycles. The molecular weight excluding hydrogens is 246 g/mol. The van der Waals surface area contributed by atoms with Gasteiger partial charge in [-0.25, -0.2) is 4.98 Å². The summed E-state index contributed by atoms with van der Waals surface area (Å²) in [7, 11) is 0. The Labute approximate surface area is 112 Å². The Hall–Kier alpha value is -0.940. The summed E-state index contributed by atoms with van der Waals surface area (Å²) >= 11 is 1.55. The minimum absolute atomic E-state index is 0.0782. The Morgan fingerprint density at radius 3 is 2.72 bits per heavy atom. The molecule has 1 aromatic heterocycles. The summed E-state index contributed by atoms with van der Waals surface area (Å²) in [4.78, 5) is 16.6. The lowest BCUT2D eigenvalue weighted by atomic mass is 9.98. The van der Waals surface area contributed by atoms with Gasteiger partial charge in [-0.2, -0.15) is 0 Å². The van der Waals surface area contributed by atoms with E-state index in [-0.39, 0.29) is 11.4 Å². The average Bonchev–Trinajstić information content (AvgIpc) is 2.98. The highest BCUT2D eigenvalue weighted by Gasteiger charge is 2.34. The van der Waals surface area contributed by atoms with Gasteiger partial charge in [0.1, 0.15) is 5.69 Å². The summed E-state index contributed by atoms with van der Waals surface area (Å²) in [5.41, 5.74) is 6.15. The van der Waals surface area contributed by atoms with Crippen LogP contribution < -0.4 is 11.1 Å². The normalized spacial score (nSPS) is 18.2. The molecule has 0 bridgehead atoms.